The van der Waals surface area contributed by atoms with Crippen LogP contribution in [0.2, 0.25) is 0 Å². The molecule has 90 valence electrons. The standard InChI is InChI=1S/C13H16N2O2/c1-3-8-15(2)13(17)12(14)9-10-4-6-11(16)7-5-10/h1,4-7,12,16H,8-9,14H2,2H3/t12-/m1/s1. The quantitative estimate of drug-likeness (QED) is 0.736. The topological polar surface area (TPSA) is 66.6 Å². The molecule has 1 atom stereocenters. The van der Waals surface area contributed by atoms with Crippen LogP contribution in [0.1, 0.15) is 5.56 Å². The largest absolute Gasteiger partial charge is 0.508 e. The van der Waals surface area contributed by atoms with Crippen LogP contribution in [0.15, 0.2) is 24.3 Å². The Labute approximate surface area is 101 Å². The summed E-state index contributed by atoms with van der Waals surface area (Å²) >= 11 is 0. The highest BCUT2D eigenvalue weighted by atomic mass is 16.3. The molecule has 1 rings (SSSR count). The Bertz CT molecular complexity index is 420. The summed E-state index contributed by atoms with van der Waals surface area (Å²) in [6, 6.07) is 6.00. The molecule has 0 aliphatic heterocycles. The van der Waals surface area contributed by atoms with E-state index < -0.39 is 6.04 Å². The van der Waals surface area contributed by atoms with Crippen LogP contribution >= 0.6 is 0 Å². The second-order valence-electron chi connectivity index (χ2n) is 3.88. The Balaban J connectivity index is 2.60. The number of carbonyl (C=O) groups is 1. The molecular formula is C13H16N2O2. The van der Waals surface area contributed by atoms with Crippen molar-refractivity contribution < 1.29 is 9.90 Å². The summed E-state index contributed by atoms with van der Waals surface area (Å²) in [6.07, 6.45) is 5.55. The van der Waals surface area contributed by atoms with Gasteiger partial charge in [-0.05, 0) is 24.1 Å². The van der Waals surface area contributed by atoms with E-state index in [0.717, 1.165) is 5.56 Å². The van der Waals surface area contributed by atoms with E-state index in [0.29, 0.717) is 6.42 Å². The fourth-order valence-electron chi connectivity index (χ4n) is 1.47. The molecule has 0 bridgehead atoms. The third-order valence-electron chi connectivity index (χ3n) is 2.41. The summed E-state index contributed by atoms with van der Waals surface area (Å²) < 4.78 is 0. The minimum absolute atomic E-state index is 0.184. The van der Waals surface area contributed by atoms with Gasteiger partial charge < -0.3 is 15.7 Å². The van der Waals surface area contributed by atoms with E-state index in [4.69, 9.17) is 17.3 Å². The molecule has 0 saturated carbocycles. The lowest BCUT2D eigenvalue weighted by Crippen LogP contribution is -2.43. The first-order valence-electron chi connectivity index (χ1n) is 5.26. The van der Waals surface area contributed by atoms with E-state index in [-0.39, 0.29) is 18.2 Å². The van der Waals surface area contributed by atoms with E-state index in [9.17, 15) is 4.79 Å². The van der Waals surface area contributed by atoms with Gasteiger partial charge in [0.2, 0.25) is 5.91 Å². The molecule has 1 amide bonds. The number of hydrogen-bond donors (Lipinski definition) is 2. The van der Waals surface area contributed by atoms with Gasteiger partial charge in [0.15, 0.2) is 0 Å². The van der Waals surface area contributed by atoms with Crippen LogP contribution in [-0.2, 0) is 11.2 Å². The van der Waals surface area contributed by atoms with Crippen molar-refractivity contribution in [2.45, 2.75) is 12.5 Å². The molecule has 1 aromatic rings. The van der Waals surface area contributed by atoms with Crippen molar-refractivity contribution in [3.63, 3.8) is 0 Å². The Hall–Kier alpha value is -1.99. The second-order valence-corrected chi connectivity index (χ2v) is 3.88. The smallest absolute Gasteiger partial charge is 0.240 e. The average Bonchev–Trinajstić information content (AvgIpc) is 2.31. The molecule has 0 aliphatic rings. The van der Waals surface area contributed by atoms with Crippen molar-refractivity contribution in [2.75, 3.05) is 13.6 Å². The summed E-state index contributed by atoms with van der Waals surface area (Å²) in [4.78, 5) is 13.2. The van der Waals surface area contributed by atoms with Crippen molar-refractivity contribution in [3.8, 4) is 18.1 Å². The van der Waals surface area contributed by atoms with Gasteiger partial charge in [-0.25, -0.2) is 0 Å². The van der Waals surface area contributed by atoms with Crippen LogP contribution in [0.3, 0.4) is 0 Å². The Kier molecular flexibility index (Phi) is 4.56. The zero-order valence-corrected chi connectivity index (χ0v) is 9.76. The van der Waals surface area contributed by atoms with Crippen molar-refractivity contribution in [2.24, 2.45) is 5.73 Å². The van der Waals surface area contributed by atoms with Gasteiger partial charge >= 0.3 is 0 Å². The first kappa shape index (κ1) is 13.1. The van der Waals surface area contributed by atoms with Crippen molar-refractivity contribution in [1.82, 2.24) is 4.90 Å². The Morgan fingerprint density at radius 2 is 2.12 bits per heavy atom. The fraction of sp³-hybridized carbons (Fsp3) is 0.308. The predicted octanol–water partition coefficient (Wildman–Crippen LogP) is 0.354. The van der Waals surface area contributed by atoms with Crippen LogP contribution in [0.5, 0.6) is 5.75 Å². The van der Waals surface area contributed by atoms with Crippen LogP contribution in [0.25, 0.3) is 0 Å². The monoisotopic (exact) mass is 232 g/mol. The van der Waals surface area contributed by atoms with Crippen molar-refractivity contribution in [1.29, 1.82) is 0 Å². The zero-order valence-electron chi connectivity index (χ0n) is 9.76. The molecule has 0 aromatic heterocycles. The molecule has 0 spiro atoms. The van der Waals surface area contributed by atoms with E-state index in [1.54, 1.807) is 31.3 Å². The molecule has 17 heavy (non-hydrogen) atoms. The maximum absolute atomic E-state index is 11.8. The van der Waals surface area contributed by atoms with Crippen molar-refractivity contribution >= 4 is 5.91 Å². The number of phenolic OH excluding ortho intramolecular Hbond substituents is 1. The minimum Gasteiger partial charge on any atom is -0.508 e. The summed E-state index contributed by atoms with van der Waals surface area (Å²) in [5, 5.41) is 9.13. The summed E-state index contributed by atoms with van der Waals surface area (Å²) in [6.45, 7) is 0.252. The molecule has 0 aliphatic carbocycles. The molecule has 0 heterocycles. The maximum atomic E-state index is 11.8. The second kappa shape index (κ2) is 5.92. The number of terminal acetylenes is 1. The number of hydrogen-bond acceptors (Lipinski definition) is 3. The third kappa shape index (κ3) is 3.82. The van der Waals surface area contributed by atoms with Crippen LogP contribution < -0.4 is 5.73 Å². The summed E-state index contributed by atoms with van der Waals surface area (Å²) in [5.74, 6) is 2.40. The molecule has 3 N–H and O–H groups in total. The van der Waals surface area contributed by atoms with Crippen LogP contribution in [0, 0.1) is 12.3 Å². The van der Waals surface area contributed by atoms with Gasteiger partial charge in [0.05, 0.1) is 12.6 Å². The molecule has 0 unspecified atom stereocenters. The number of aromatic hydroxyl groups is 1. The highest BCUT2D eigenvalue weighted by Crippen LogP contribution is 2.11. The van der Waals surface area contributed by atoms with Gasteiger partial charge in [0.25, 0.3) is 0 Å². The van der Waals surface area contributed by atoms with Gasteiger partial charge in [0, 0.05) is 7.05 Å². The number of phenols is 1. The fourth-order valence-corrected chi connectivity index (χ4v) is 1.47. The number of benzene rings is 1. The van der Waals surface area contributed by atoms with Gasteiger partial charge in [-0.3, -0.25) is 4.79 Å². The lowest BCUT2D eigenvalue weighted by Gasteiger charge is -2.19. The molecule has 1 aromatic carbocycles. The molecule has 0 saturated heterocycles. The van der Waals surface area contributed by atoms with E-state index >= 15 is 0 Å². The van der Waals surface area contributed by atoms with Crippen LogP contribution in [-0.4, -0.2) is 35.5 Å². The summed E-state index contributed by atoms with van der Waals surface area (Å²) in [7, 11) is 1.62. The molecule has 0 radical (unpaired) electrons. The molecule has 0 fully saturated rings. The number of nitrogens with two attached hydrogens (primary N) is 1. The third-order valence-corrected chi connectivity index (χ3v) is 2.41. The SMILES string of the molecule is C#CCN(C)C(=O)[C@H](N)Cc1ccc(O)cc1. The lowest BCUT2D eigenvalue weighted by molar-refractivity contribution is -0.130. The first-order valence-corrected chi connectivity index (χ1v) is 5.26. The van der Waals surface area contributed by atoms with Gasteiger partial charge in [0.1, 0.15) is 5.75 Å². The zero-order chi connectivity index (χ0) is 12.8. The Morgan fingerprint density at radius 3 is 2.65 bits per heavy atom. The number of likely N-dealkylation sites (N-methyl/N-ethyl adjacent to an activating group) is 1. The highest BCUT2D eigenvalue weighted by molar-refractivity contribution is 5.82. The summed E-state index contributed by atoms with van der Waals surface area (Å²) in [5.41, 5.74) is 6.70. The molecule has 4 nitrogen and oxygen atoms in total. The van der Waals surface area contributed by atoms with Gasteiger partial charge in [-0.2, -0.15) is 0 Å². The first-order chi connectivity index (χ1) is 8.04. The van der Waals surface area contributed by atoms with Gasteiger partial charge in [-0.1, -0.05) is 18.1 Å². The predicted molar refractivity (Wildman–Crippen MR) is 66.3 cm³/mol. The maximum Gasteiger partial charge on any atom is 0.240 e. The van der Waals surface area contributed by atoms with Gasteiger partial charge in [-0.15, -0.1) is 6.42 Å². The van der Waals surface area contributed by atoms with Crippen molar-refractivity contribution in [3.05, 3.63) is 29.8 Å². The molecular weight excluding hydrogens is 216 g/mol. The minimum atomic E-state index is -0.613. The lowest BCUT2D eigenvalue weighted by atomic mass is 10.1. The number of nitrogens with zero attached hydrogens (tertiary/aromatic N) is 1. The van der Waals surface area contributed by atoms with E-state index in [2.05, 4.69) is 5.92 Å². The number of rotatable bonds is 4. The number of carbonyl (C=O) groups excluding carboxylic acids is 1. The normalized spacial score (nSPS) is 11.6. The Morgan fingerprint density at radius 1 is 1.53 bits per heavy atom. The van der Waals surface area contributed by atoms with Crippen LogP contribution in [0.4, 0.5) is 0 Å². The number of amides is 1. The van der Waals surface area contributed by atoms with E-state index in [1.807, 2.05) is 0 Å². The molecule has 4 heteroatoms. The van der Waals surface area contributed by atoms with E-state index in [1.165, 1.54) is 4.90 Å². The average molecular weight is 232 g/mol. The highest BCUT2D eigenvalue weighted by Gasteiger charge is 2.17.